The Balaban J connectivity index is 1.91. The molecule has 230 valence electrons. The van der Waals surface area contributed by atoms with Crippen molar-refractivity contribution < 1.29 is 31.1 Å². The van der Waals surface area contributed by atoms with Gasteiger partial charge in [0.1, 0.15) is 0 Å². The lowest BCUT2D eigenvalue weighted by Gasteiger charge is -2.36. The minimum absolute atomic E-state index is 0.0226. The number of nitrogens with zero attached hydrogens (tertiary/aromatic N) is 1. The van der Waals surface area contributed by atoms with Crippen molar-refractivity contribution in [3.05, 3.63) is 167 Å². The minimum atomic E-state index is -6.03. The Kier molecular flexibility index (Phi) is 7.96. The van der Waals surface area contributed by atoms with Gasteiger partial charge in [0.25, 0.3) is 0 Å². The first-order valence-electron chi connectivity index (χ1n) is 14.2. The van der Waals surface area contributed by atoms with Gasteiger partial charge in [-0.1, -0.05) is 121 Å². The predicted octanol–water partition coefficient (Wildman–Crippen LogP) is 8.17. The van der Waals surface area contributed by atoms with Gasteiger partial charge < -0.3 is 4.74 Å². The first-order valence-corrected chi connectivity index (χ1v) is 15.6. The molecular weight excluding hydrogens is 611 g/mol. The molecule has 4 aromatic rings. The van der Waals surface area contributed by atoms with Crippen molar-refractivity contribution in [3.8, 4) is 0 Å². The van der Waals surface area contributed by atoms with Crippen LogP contribution in [0.3, 0.4) is 0 Å². The molecule has 0 saturated heterocycles. The fraction of sp³-hybridized carbons (Fsp3) is 0.0811. The monoisotopic (exact) mass is 637 g/mol. The summed E-state index contributed by atoms with van der Waals surface area (Å²) in [6.07, 6.45) is 3.88. The molecule has 0 atom stereocenters. The molecule has 6 rings (SSSR count). The molecular formula is C37H26F3NO4S. The number of alkyl halides is 3. The Labute approximate surface area is 264 Å². The van der Waals surface area contributed by atoms with Crippen molar-refractivity contribution in [1.29, 1.82) is 0 Å². The van der Waals surface area contributed by atoms with Crippen LogP contribution in [0, 0.1) is 5.41 Å². The summed E-state index contributed by atoms with van der Waals surface area (Å²) in [5.41, 5.74) is -3.04. The second kappa shape index (κ2) is 11.9. The van der Waals surface area contributed by atoms with Gasteiger partial charge in [0.2, 0.25) is 0 Å². The van der Waals surface area contributed by atoms with Crippen molar-refractivity contribution in [2.45, 2.75) is 5.51 Å². The number of benzene rings is 4. The van der Waals surface area contributed by atoms with Gasteiger partial charge in [0.15, 0.2) is 0 Å². The van der Waals surface area contributed by atoms with Crippen molar-refractivity contribution in [1.82, 2.24) is 0 Å². The summed E-state index contributed by atoms with van der Waals surface area (Å²) in [5, 5.41) is 0. The van der Waals surface area contributed by atoms with E-state index in [1.165, 1.54) is 19.3 Å². The molecule has 5 nitrogen and oxygen atoms in total. The maximum absolute atomic E-state index is 14.0. The Morgan fingerprint density at radius 1 is 0.652 bits per heavy atom. The molecule has 4 aromatic carbocycles. The molecule has 1 spiro atoms. The van der Waals surface area contributed by atoms with Gasteiger partial charge >= 0.3 is 21.5 Å². The van der Waals surface area contributed by atoms with E-state index >= 15 is 0 Å². The van der Waals surface area contributed by atoms with Gasteiger partial charge in [0, 0.05) is 0 Å². The van der Waals surface area contributed by atoms with Gasteiger partial charge in [-0.05, 0) is 62.8 Å². The van der Waals surface area contributed by atoms with Crippen LogP contribution in [-0.2, 0) is 19.6 Å². The zero-order valence-electron chi connectivity index (χ0n) is 24.4. The first kappa shape index (κ1) is 30.7. The molecule has 2 aliphatic carbocycles. The summed E-state index contributed by atoms with van der Waals surface area (Å²) in [6.45, 7) is 0. The van der Waals surface area contributed by atoms with E-state index in [9.17, 15) is 26.4 Å². The number of ether oxygens (including phenoxy) is 1. The molecule has 0 unspecified atom stereocenters. The lowest BCUT2D eigenvalue weighted by Crippen LogP contribution is -2.35. The zero-order chi connectivity index (χ0) is 32.5. The predicted molar refractivity (Wildman–Crippen MR) is 173 cm³/mol. The quantitative estimate of drug-likeness (QED) is 0.200. The zero-order valence-corrected chi connectivity index (χ0v) is 25.2. The number of rotatable bonds is 6. The molecule has 46 heavy (non-hydrogen) atoms. The van der Waals surface area contributed by atoms with Crippen molar-refractivity contribution in [3.63, 3.8) is 0 Å². The fourth-order valence-corrected chi connectivity index (χ4v) is 6.66. The molecule has 0 amide bonds. The van der Waals surface area contributed by atoms with Crippen LogP contribution in [-0.4, -0.2) is 32.7 Å². The molecule has 0 bridgehead atoms. The van der Waals surface area contributed by atoms with E-state index in [4.69, 9.17) is 4.74 Å². The van der Waals surface area contributed by atoms with Gasteiger partial charge in [-0.25, -0.2) is 4.79 Å². The van der Waals surface area contributed by atoms with E-state index in [1.54, 1.807) is 60.7 Å². The summed E-state index contributed by atoms with van der Waals surface area (Å²) < 4.78 is 76.3. The number of carbonyl (C=O) groups excluding carboxylic acids is 1. The summed E-state index contributed by atoms with van der Waals surface area (Å²) in [7, 11) is -4.84. The van der Waals surface area contributed by atoms with E-state index in [1.807, 2.05) is 60.7 Å². The van der Waals surface area contributed by atoms with Crippen LogP contribution in [0.5, 0.6) is 0 Å². The molecule has 2 aliphatic rings. The highest BCUT2D eigenvalue weighted by atomic mass is 32.2. The number of methoxy groups -OCH3 is 1. The molecule has 0 fully saturated rings. The lowest BCUT2D eigenvalue weighted by molar-refractivity contribution is -0.135. The normalized spacial score (nSPS) is 17.0. The van der Waals surface area contributed by atoms with E-state index in [0.29, 0.717) is 33.4 Å². The van der Waals surface area contributed by atoms with Gasteiger partial charge in [-0.15, -0.1) is 0 Å². The van der Waals surface area contributed by atoms with E-state index in [0.717, 1.165) is 17.2 Å². The molecule has 0 heterocycles. The van der Waals surface area contributed by atoms with Crippen LogP contribution in [0.25, 0.3) is 22.3 Å². The number of halogens is 3. The van der Waals surface area contributed by atoms with Crippen LogP contribution in [0.15, 0.2) is 150 Å². The third-order valence-corrected chi connectivity index (χ3v) is 8.94. The topological polar surface area (TPSA) is 72.8 Å². The number of esters is 1. The van der Waals surface area contributed by atoms with Gasteiger partial charge in [-0.3, -0.25) is 0 Å². The second-order valence-electron chi connectivity index (χ2n) is 10.6. The molecule has 0 aromatic heterocycles. The number of carbonyl (C=O) groups is 1. The third kappa shape index (κ3) is 5.22. The molecule has 0 N–H and O–H groups in total. The Hall–Kier alpha value is -5.28. The number of hydrogen-bond acceptors (Lipinski definition) is 4. The van der Waals surface area contributed by atoms with Gasteiger partial charge in [0.05, 0.1) is 23.8 Å². The van der Waals surface area contributed by atoms with Crippen LogP contribution < -0.4 is 0 Å². The van der Waals surface area contributed by atoms with Crippen molar-refractivity contribution >= 4 is 44.0 Å². The summed E-state index contributed by atoms with van der Waals surface area (Å²) >= 11 is 0. The van der Waals surface area contributed by atoms with Crippen molar-refractivity contribution in [2.75, 3.05) is 7.11 Å². The summed E-state index contributed by atoms with van der Waals surface area (Å²) in [4.78, 5) is 13.1. The average molecular weight is 638 g/mol. The minimum Gasteiger partial charge on any atom is -0.465 e. The second-order valence-corrected chi connectivity index (χ2v) is 12.2. The number of allylic oxidation sites excluding steroid dienone is 6. The largest absolute Gasteiger partial charge is 0.518 e. The summed E-state index contributed by atoms with van der Waals surface area (Å²) in [6, 6.07) is 36.6. The third-order valence-electron chi connectivity index (χ3n) is 7.92. The van der Waals surface area contributed by atoms with E-state index < -0.39 is 32.6 Å². The smallest absolute Gasteiger partial charge is 0.465 e. The average Bonchev–Trinajstić information content (AvgIpc) is 3.37. The lowest BCUT2D eigenvalue weighted by atomic mass is 9.65. The highest BCUT2D eigenvalue weighted by Gasteiger charge is 2.54. The Morgan fingerprint density at radius 2 is 1.04 bits per heavy atom. The van der Waals surface area contributed by atoms with E-state index in [2.05, 4.69) is 4.40 Å². The van der Waals surface area contributed by atoms with Crippen LogP contribution >= 0.6 is 0 Å². The van der Waals surface area contributed by atoms with Gasteiger partial charge in [-0.2, -0.15) is 26.0 Å². The highest BCUT2D eigenvalue weighted by molar-refractivity contribution is 7.91. The first-order chi connectivity index (χ1) is 22.1. The molecule has 0 aliphatic heterocycles. The molecule has 0 saturated carbocycles. The number of sulfonamides is 1. The number of hydrogen-bond donors (Lipinski definition) is 0. The molecule has 9 heteroatoms. The van der Waals surface area contributed by atoms with Crippen LogP contribution in [0.4, 0.5) is 13.2 Å². The molecule has 0 radical (unpaired) electrons. The SMILES string of the molecule is COC(=O)C1=CC2(C(c3ccccc3)=C(c3ccccc3)C(c3ccccc3)=C2c2ccccc2)/C(=N\S(=O)(=O)C(F)(F)F)C=C1. The fourth-order valence-electron chi connectivity index (χ4n) is 6.09. The van der Waals surface area contributed by atoms with Crippen molar-refractivity contribution in [2.24, 2.45) is 9.81 Å². The maximum Gasteiger partial charge on any atom is 0.518 e. The Morgan fingerprint density at radius 3 is 1.41 bits per heavy atom. The van der Waals surface area contributed by atoms with Crippen LogP contribution in [0.1, 0.15) is 22.3 Å². The maximum atomic E-state index is 14.0. The Bertz CT molecular complexity index is 1960. The standard InChI is InChI=1S/C37H26F3NO4S/c1-45-35(42)29-22-23-30(41-46(43,44)37(38,39)40)36(24-29)33(27-18-10-4-11-19-27)31(25-14-6-2-7-15-25)32(26-16-8-3-9-17-26)34(36)28-20-12-5-13-21-28/h2-24H,1H3/b41-30-. The van der Waals surface area contributed by atoms with Crippen LogP contribution in [0.2, 0.25) is 0 Å². The van der Waals surface area contributed by atoms with E-state index in [-0.39, 0.29) is 5.57 Å². The highest BCUT2D eigenvalue weighted by Crippen LogP contribution is 2.64. The summed E-state index contributed by atoms with van der Waals surface area (Å²) in [5.74, 6) is -0.748.